The fourth-order valence-electron chi connectivity index (χ4n) is 1.71. The van der Waals surface area contributed by atoms with E-state index in [9.17, 15) is 0 Å². The molecule has 3 aromatic rings. The lowest BCUT2D eigenvalue weighted by Gasteiger charge is -2.03. The van der Waals surface area contributed by atoms with Crippen LogP contribution in [0.25, 0.3) is 11.4 Å². The van der Waals surface area contributed by atoms with Gasteiger partial charge in [-0.2, -0.15) is 5.26 Å². The van der Waals surface area contributed by atoms with E-state index in [1.54, 1.807) is 12.3 Å². The number of nitrogens with two attached hydrogens (primary N) is 1. The molecular weight excluding hydrogens is 290 g/mol. The lowest BCUT2D eigenvalue weighted by Crippen LogP contribution is -2.11. The van der Waals surface area contributed by atoms with Gasteiger partial charge in [0.2, 0.25) is 5.16 Å². The molecule has 0 aliphatic rings. The normalized spacial score (nSPS) is 10.5. The predicted octanol–water partition coefficient (Wildman–Crippen LogP) is 1.37. The number of rotatable bonds is 3. The summed E-state index contributed by atoms with van der Waals surface area (Å²) >= 11 is 1.13. The van der Waals surface area contributed by atoms with E-state index in [1.807, 2.05) is 13.0 Å². The van der Waals surface area contributed by atoms with Gasteiger partial charge in [-0.15, -0.1) is 10.2 Å². The van der Waals surface area contributed by atoms with E-state index >= 15 is 0 Å². The highest BCUT2D eigenvalue weighted by Gasteiger charge is 2.18. The van der Waals surface area contributed by atoms with Gasteiger partial charge in [0.1, 0.15) is 16.9 Å². The quantitative estimate of drug-likeness (QED) is 0.720. The molecule has 0 bridgehead atoms. The second-order valence-electron chi connectivity index (χ2n) is 3.99. The summed E-state index contributed by atoms with van der Waals surface area (Å²) < 4.78 is 6.56. The minimum Gasteiger partial charge on any atom is -0.469 e. The van der Waals surface area contributed by atoms with Crippen LogP contribution >= 0.6 is 11.8 Å². The second-order valence-corrected chi connectivity index (χ2v) is 4.95. The molecule has 0 aliphatic carbocycles. The van der Waals surface area contributed by atoms with Crippen molar-refractivity contribution in [1.82, 2.24) is 24.8 Å². The van der Waals surface area contributed by atoms with Crippen LogP contribution in [0.4, 0.5) is 0 Å². The highest BCUT2D eigenvalue weighted by molar-refractivity contribution is 7.99. The summed E-state index contributed by atoms with van der Waals surface area (Å²) in [6.07, 6.45) is 4.51. The maximum absolute atomic E-state index is 9.01. The van der Waals surface area contributed by atoms with Gasteiger partial charge in [-0.05, 0) is 24.8 Å². The van der Waals surface area contributed by atoms with E-state index in [-0.39, 0.29) is 5.69 Å². The van der Waals surface area contributed by atoms with Gasteiger partial charge in [0, 0.05) is 12.4 Å². The minimum atomic E-state index is 0.214. The van der Waals surface area contributed by atoms with Crippen molar-refractivity contribution in [3.63, 3.8) is 0 Å². The summed E-state index contributed by atoms with van der Waals surface area (Å²) in [4.78, 5) is 8.03. The largest absolute Gasteiger partial charge is 0.469 e. The van der Waals surface area contributed by atoms with Crippen LogP contribution in [0.5, 0.6) is 0 Å². The summed E-state index contributed by atoms with van der Waals surface area (Å²) in [5.74, 6) is 7.18. The molecule has 8 nitrogen and oxygen atoms in total. The SMILES string of the molecule is Cc1occc1-c1nnc(Sc2nccnc2C#N)n1N. The molecule has 0 fully saturated rings. The zero-order valence-electron chi connectivity index (χ0n) is 10.9. The van der Waals surface area contributed by atoms with E-state index < -0.39 is 0 Å². The average Bonchev–Trinajstić information content (AvgIpc) is 3.06. The molecule has 3 heterocycles. The zero-order chi connectivity index (χ0) is 14.8. The van der Waals surface area contributed by atoms with E-state index in [0.717, 1.165) is 17.3 Å². The molecule has 3 rings (SSSR count). The zero-order valence-corrected chi connectivity index (χ0v) is 11.7. The summed E-state index contributed by atoms with van der Waals surface area (Å²) in [5, 5.41) is 17.9. The first-order chi connectivity index (χ1) is 10.2. The summed E-state index contributed by atoms with van der Waals surface area (Å²) in [6.45, 7) is 1.81. The average molecular weight is 299 g/mol. The third-order valence-electron chi connectivity index (χ3n) is 2.72. The molecule has 0 saturated heterocycles. The number of aromatic nitrogens is 5. The van der Waals surface area contributed by atoms with Gasteiger partial charge < -0.3 is 10.3 Å². The van der Waals surface area contributed by atoms with E-state index in [4.69, 9.17) is 15.5 Å². The van der Waals surface area contributed by atoms with Crippen molar-refractivity contribution in [2.24, 2.45) is 0 Å². The number of nitriles is 1. The number of hydrogen-bond donors (Lipinski definition) is 1. The van der Waals surface area contributed by atoms with Gasteiger partial charge >= 0.3 is 0 Å². The van der Waals surface area contributed by atoms with Crippen LogP contribution in [0.1, 0.15) is 11.5 Å². The van der Waals surface area contributed by atoms with E-state index in [0.29, 0.717) is 21.8 Å². The molecule has 3 aromatic heterocycles. The molecule has 2 N–H and O–H groups in total. The summed E-state index contributed by atoms with van der Waals surface area (Å²) in [5.41, 5.74) is 0.975. The van der Waals surface area contributed by atoms with Crippen molar-refractivity contribution in [3.8, 4) is 17.5 Å². The Bertz CT molecular complexity index is 832. The van der Waals surface area contributed by atoms with Crippen molar-refractivity contribution in [3.05, 3.63) is 36.2 Å². The van der Waals surface area contributed by atoms with E-state index in [2.05, 4.69) is 20.2 Å². The van der Waals surface area contributed by atoms with E-state index in [1.165, 1.54) is 17.1 Å². The Morgan fingerprint density at radius 3 is 2.86 bits per heavy atom. The molecule has 104 valence electrons. The number of nitrogens with zero attached hydrogens (tertiary/aromatic N) is 6. The molecule has 0 aliphatic heterocycles. The first-order valence-electron chi connectivity index (χ1n) is 5.84. The highest BCUT2D eigenvalue weighted by Crippen LogP contribution is 2.29. The van der Waals surface area contributed by atoms with Crippen molar-refractivity contribution in [2.45, 2.75) is 17.1 Å². The Morgan fingerprint density at radius 2 is 2.14 bits per heavy atom. The lowest BCUT2D eigenvalue weighted by molar-refractivity contribution is 0.535. The number of nitrogen functional groups attached to an aromatic ring is 1. The Labute approximate surface area is 123 Å². The lowest BCUT2D eigenvalue weighted by atomic mass is 10.2. The molecule has 0 spiro atoms. The van der Waals surface area contributed by atoms with Crippen LogP contribution in [-0.2, 0) is 0 Å². The van der Waals surface area contributed by atoms with Gasteiger partial charge in [0.25, 0.3) is 0 Å². The van der Waals surface area contributed by atoms with Gasteiger partial charge in [-0.3, -0.25) is 0 Å². The molecular formula is C12H9N7OS. The van der Waals surface area contributed by atoms with Crippen LogP contribution in [0.15, 0.2) is 39.3 Å². The topological polar surface area (TPSA) is 119 Å². The van der Waals surface area contributed by atoms with Gasteiger partial charge in [-0.1, -0.05) is 0 Å². The van der Waals surface area contributed by atoms with Crippen LogP contribution in [0.2, 0.25) is 0 Å². The maximum Gasteiger partial charge on any atom is 0.216 e. The van der Waals surface area contributed by atoms with Gasteiger partial charge in [-0.25, -0.2) is 14.6 Å². The number of hydrogen-bond acceptors (Lipinski definition) is 8. The smallest absolute Gasteiger partial charge is 0.216 e. The molecule has 0 radical (unpaired) electrons. The Kier molecular flexibility index (Phi) is 3.29. The molecule has 0 saturated carbocycles. The van der Waals surface area contributed by atoms with Crippen LogP contribution in [0.3, 0.4) is 0 Å². The molecule has 0 unspecified atom stereocenters. The number of aryl methyl sites for hydroxylation is 1. The molecule has 9 heteroatoms. The first-order valence-corrected chi connectivity index (χ1v) is 6.66. The summed E-state index contributed by atoms with van der Waals surface area (Å²) in [6, 6.07) is 3.74. The Hall–Kier alpha value is -2.86. The van der Waals surface area contributed by atoms with Crippen molar-refractivity contribution < 1.29 is 4.42 Å². The Morgan fingerprint density at radius 1 is 1.33 bits per heavy atom. The maximum atomic E-state index is 9.01. The van der Waals surface area contributed by atoms with Gasteiger partial charge in [0.15, 0.2) is 11.5 Å². The second kappa shape index (κ2) is 5.26. The standard InChI is InChI=1S/C12H9N7OS/c1-7-8(2-5-20-7)10-17-18-12(19(10)14)21-11-9(6-13)15-3-4-16-11/h2-5H,14H2,1H3. The highest BCUT2D eigenvalue weighted by atomic mass is 32.2. The summed E-state index contributed by atoms with van der Waals surface area (Å²) in [7, 11) is 0. The molecule has 21 heavy (non-hydrogen) atoms. The van der Waals surface area contributed by atoms with Crippen molar-refractivity contribution in [1.29, 1.82) is 5.26 Å². The Balaban J connectivity index is 1.97. The van der Waals surface area contributed by atoms with Crippen molar-refractivity contribution >= 4 is 11.8 Å². The third-order valence-corrected chi connectivity index (χ3v) is 3.68. The third kappa shape index (κ3) is 2.32. The predicted molar refractivity (Wildman–Crippen MR) is 73.5 cm³/mol. The monoisotopic (exact) mass is 299 g/mol. The molecule has 0 amide bonds. The first kappa shape index (κ1) is 13.1. The fourth-order valence-corrected chi connectivity index (χ4v) is 2.46. The minimum absolute atomic E-state index is 0.214. The number of furan rings is 1. The van der Waals surface area contributed by atoms with Crippen LogP contribution in [-0.4, -0.2) is 24.8 Å². The molecule has 0 aromatic carbocycles. The van der Waals surface area contributed by atoms with Crippen molar-refractivity contribution in [2.75, 3.05) is 5.84 Å². The van der Waals surface area contributed by atoms with Gasteiger partial charge in [0.05, 0.1) is 11.8 Å². The van der Waals surface area contributed by atoms with Crippen LogP contribution in [0, 0.1) is 18.3 Å². The fraction of sp³-hybridized carbons (Fsp3) is 0.0833. The molecule has 0 atom stereocenters. The van der Waals surface area contributed by atoms with Crippen LogP contribution < -0.4 is 5.84 Å².